The van der Waals surface area contributed by atoms with Crippen LogP contribution < -0.4 is 0 Å². The van der Waals surface area contributed by atoms with Gasteiger partial charge in [0, 0.05) is 13.2 Å². The molecule has 22 heavy (non-hydrogen) atoms. The quantitative estimate of drug-likeness (QED) is 0.357. The fraction of sp³-hybridized carbons (Fsp3) is 0.714. The fourth-order valence-electron chi connectivity index (χ4n) is 2.50. The van der Waals surface area contributed by atoms with Gasteiger partial charge in [-0.2, -0.15) is 0 Å². The molecule has 0 heterocycles. The molecule has 1 saturated carbocycles. The molecule has 0 unspecified atom stereocenters. The van der Waals surface area contributed by atoms with Crippen LogP contribution >= 0.6 is 0 Å². The molecule has 0 radical (unpaired) electrons. The first kappa shape index (κ1) is 21.2. The van der Waals surface area contributed by atoms with Crippen LogP contribution in [0.2, 0.25) is 0 Å². The van der Waals surface area contributed by atoms with Crippen molar-refractivity contribution in [3.05, 3.63) is 36.5 Å². The van der Waals surface area contributed by atoms with E-state index in [-0.39, 0.29) is 0 Å². The molecule has 0 amide bonds. The first-order valence-corrected chi connectivity index (χ1v) is 9.12. The average Bonchev–Trinajstić information content (AvgIpc) is 2.50. The summed E-state index contributed by atoms with van der Waals surface area (Å²) in [4.78, 5) is 0. The third-order valence-corrected chi connectivity index (χ3v) is 3.65. The lowest BCUT2D eigenvalue weighted by Gasteiger charge is -2.21. The Labute approximate surface area is 139 Å². The van der Waals surface area contributed by atoms with Crippen molar-refractivity contribution in [3.8, 4) is 0 Å². The summed E-state index contributed by atoms with van der Waals surface area (Å²) < 4.78 is 5.80. The lowest BCUT2D eigenvalue weighted by molar-refractivity contribution is 0.0839. The van der Waals surface area contributed by atoms with E-state index in [1.807, 2.05) is 12.2 Å². The van der Waals surface area contributed by atoms with Crippen LogP contribution in [0.15, 0.2) is 36.5 Å². The summed E-state index contributed by atoms with van der Waals surface area (Å²) >= 11 is 0. The van der Waals surface area contributed by atoms with E-state index in [1.54, 1.807) is 0 Å². The lowest BCUT2D eigenvalue weighted by atomic mass is 9.90. The Morgan fingerprint density at radius 2 is 1.82 bits per heavy atom. The molecule has 128 valence electrons. The smallest absolute Gasteiger partial charge is 0.0494 e. The molecule has 0 atom stereocenters. The van der Waals surface area contributed by atoms with Crippen LogP contribution in [0.1, 0.15) is 72.6 Å². The van der Waals surface area contributed by atoms with Gasteiger partial charge in [-0.15, -0.1) is 0 Å². The summed E-state index contributed by atoms with van der Waals surface area (Å²) in [5, 5.41) is 0. The van der Waals surface area contributed by atoms with Crippen LogP contribution in [0, 0.1) is 11.8 Å². The van der Waals surface area contributed by atoms with Gasteiger partial charge in [-0.25, -0.2) is 0 Å². The highest BCUT2D eigenvalue weighted by atomic mass is 16.5. The number of ether oxygens (including phenoxy) is 1. The first-order chi connectivity index (χ1) is 10.6. The summed E-state index contributed by atoms with van der Waals surface area (Å²) in [5.41, 5.74) is 1.37. The Balaban J connectivity index is 0.000000980. The Hall–Kier alpha value is -0.820. The van der Waals surface area contributed by atoms with Crippen molar-refractivity contribution in [2.75, 3.05) is 13.2 Å². The molecule has 0 aliphatic heterocycles. The van der Waals surface area contributed by atoms with Gasteiger partial charge < -0.3 is 4.74 Å². The number of hydrogen-bond acceptors (Lipinski definition) is 1. The van der Waals surface area contributed by atoms with E-state index in [0.717, 1.165) is 37.9 Å². The third kappa shape index (κ3) is 14.1. The molecular formula is C21H38O. The zero-order valence-electron chi connectivity index (χ0n) is 15.4. The van der Waals surface area contributed by atoms with Gasteiger partial charge in [0.2, 0.25) is 0 Å². The highest BCUT2D eigenvalue weighted by Gasteiger charge is 2.12. The molecule has 1 heteroatoms. The summed E-state index contributed by atoms with van der Waals surface area (Å²) in [7, 11) is 0. The van der Waals surface area contributed by atoms with E-state index in [4.69, 9.17) is 4.74 Å². The van der Waals surface area contributed by atoms with Crippen LogP contribution in [0.3, 0.4) is 0 Å². The van der Waals surface area contributed by atoms with Crippen molar-refractivity contribution in [1.29, 1.82) is 0 Å². The third-order valence-electron chi connectivity index (χ3n) is 3.65. The van der Waals surface area contributed by atoms with Crippen molar-refractivity contribution >= 4 is 0 Å². The highest BCUT2D eigenvalue weighted by Crippen LogP contribution is 2.23. The van der Waals surface area contributed by atoms with Crippen LogP contribution in [0.4, 0.5) is 0 Å². The maximum absolute atomic E-state index is 5.80. The van der Waals surface area contributed by atoms with Gasteiger partial charge in [0.25, 0.3) is 0 Å². The van der Waals surface area contributed by atoms with Gasteiger partial charge in [-0.1, -0.05) is 76.5 Å². The van der Waals surface area contributed by atoms with E-state index in [9.17, 15) is 0 Å². The van der Waals surface area contributed by atoms with E-state index >= 15 is 0 Å². The molecule has 0 aromatic carbocycles. The zero-order chi connectivity index (χ0) is 16.6. The van der Waals surface area contributed by atoms with Crippen molar-refractivity contribution in [3.63, 3.8) is 0 Å². The second-order valence-corrected chi connectivity index (χ2v) is 6.87. The van der Waals surface area contributed by atoms with Crippen molar-refractivity contribution in [2.45, 2.75) is 72.6 Å². The van der Waals surface area contributed by atoms with E-state index in [0.29, 0.717) is 0 Å². The van der Waals surface area contributed by atoms with Gasteiger partial charge >= 0.3 is 0 Å². The van der Waals surface area contributed by atoms with Gasteiger partial charge in [-0.05, 0) is 44.4 Å². The summed E-state index contributed by atoms with van der Waals surface area (Å²) in [6.45, 7) is 14.2. The minimum atomic E-state index is 0.833. The highest BCUT2D eigenvalue weighted by molar-refractivity contribution is 5.20. The van der Waals surface area contributed by atoms with Gasteiger partial charge in [0.1, 0.15) is 0 Å². The molecule has 0 N–H and O–H groups in total. The average molecular weight is 307 g/mol. The second kappa shape index (κ2) is 15.1. The fourth-order valence-corrected chi connectivity index (χ4v) is 2.50. The van der Waals surface area contributed by atoms with Crippen molar-refractivity contribution in [1.82, 2.24) is 0 Å². The molecular weight excluding hydrogens is 268 g/mol. The zero-order valence-corrected chi connectivity index (χ0v) is 15.4. The van der Waals surface area contributed by atoms with E-state index in [2.05, 4.69) is 46.4 Å². The van der Waals surface area contributed by atoms with Gasteiger partial charge in [0.15, 0.2) is 0 Å². The molecule has 0 saturated heterocycles. The lowest BCUT2D eigenvalue weighted by Crippen LogP contribution is -2.13. The Bertz CT molecular complexity index is 303. The van der Waals surface area contributed by atoms with Crippen LogP contribution in [0.5, 0.6) is 0 Å². The van der Waals surface area contributed by atoms with E-state index < -0.39 is 0 Å². The topological polar surface area (TPSA) is 9.23 Å². The standard InChI is InChI=1S/C17H28O.C4H10/c1-3-5-10-16(4-2)13-9-14-18-15-17-11-7-6-8-12-17;1-4(2)3/h3-5,10,17H,1,6-9,11-15H2,2H3;4H,1-3H3/b10-5-,16-4+;. The van der Waals surface area contributed by atoms with E-state index in [1.165, 1.54) is 37.7 Å². The summed E-state index contributed by atoms with van der Waals surface area (Å²) in [5.74, 6) is 1.67. The van der Waals surface area contributed by atoms with Crippen molar-refractivity contribution in [2.24, 2.45) is 11.8 Å². The van der Waals surface area contributed by atoms with Gasteiger partial charge in [-0.3, -0.25) is 0 Å². The molecule has 0 spiro atoms. The summed E-state index contributed by atoms with van der Waals surface area (Å²) in [6.07, 6.45) is 17.3. The number of hydrogen-bond donors (Lipinski definition) is 0. The minimum absolute atomic E-state index is 0.833. The van der Waals surface area contributed by atoms with Crippen LogP contribution in [0.25, 0.3) is 0 Å². The normalized spacial score (nSPS) is 16.7. The molecule has 1 fully saturated rings. The maximum atomic E-state index is 5.80. The molecule has 0 aromatic heterocycles. The first-order valence-electron chi connectivity index (χ1n) is 9.12. The predicted molar refractivity (Wildman–Crippen MR) is 100 cm³/mol. The van der Waals surface area contributed by atoms with Crippen LogP contribution in [-0.4, -0.2) is 13.2 Å². The minimum Gasteiger partial charge on any atom is -0.381 e. The SMILES string of the molecule is C=C/C=C\C(=C/C)CCCOCC1CCCCC1.CC(C)C. The molecule has 1 aliphatic rings. The second-order valence-electron chi connectivity index (χ2n) is 6.87. The number of allylic oxidation sites excluding steroid dienone is 5. The molecule has 1 rings (SSSR count). The maximum Gasteiger partial charge on any atom is 0.0494 e. The molecule has 0 aromatic rings. The molecule has 1 nitrogen and oxygen atoms in total. The molecule has 1 aliphatic carbocycles. The monoisotopic (exact) mass is 306 g/mol. The number of rotatable bonds is 8. The Morgan fingerprint density at radius 3 is 2.36 bits per heavy atom. The van der Waals surface area contributed by atoms with Crippen molar-refractivity contribution < 1.29 is 4.74 Å². The Kier molecular flexibility index (Phi) is 14.5. The Morgan fingerprint density at radius 1 is 1.18 bits per heavy atom. The molecule has 0 bridgehead atoms. The van der Waals surface area contributed by atoms with Crippen LogP contribution in [-0.2, 0) is 4.74 Å². The summed E-state index contributed by atoms with van der Waals surface area (Å²) in [6, 6.07) is 0. The largest absolute Gasteiger partial charge is 0.381 e. The van der Waals surface area contributed by atoms with Gasteiger partial charge in [0.05, 0.1) is 0 Å². The predicted octanol–water partition coefficient (Wildman–Crippen LogP) is 6.71.